The summed E-state index contributed by atoms with van der Waals surface area (Å²) in [6.45, 7) is 3.16. The van der Waals surface area contributed by atoms with Crippen LogP contribution in [-0.4, -0.2) is 35.3 Å². The summed E-state index contributed by atoms with van der Waals surface area (Å²) in [7, 11) is 0. The number of hydrogen-bond donors (Lipinski definition) is 1. The molecule has 1 amide bonds. The van der Waals surface area contributed by atoms with Crippen LogP contribution < -0.4 is 4.74 Å². The molecule has 0 radical (unpaired) electrons. The van der Waals surface area contributed by atoms with E-state index in [1.807, 2.05) is 31.2 Å². The molecule has 0 aliphatic carbocycles. The molecule has 0 saturated carbocycles. The Morgan fingerprint density at radius 3 is 2.41 bits per heavy atom. The number of piperidine rings is 1. The molecule has 0 spiro atoms. The summed E-state index contributed by atoms with van der Waals surface area (Å²) in [5.74, 6) is 0.865. The second kappa shape index (κ2) is 5.08. The average molecular weight is 235 g/mol. The molecule has 0 aromatic heterocycles. The van der Waals surface area contributed by atoms with Gasteiger partial charge in [0, 0.05) is 25.9 Å². The Kier molecular flexibility index (Phi) is 3.52. The maximum atomic E-state index is 10.7. The predicted molar refractivity (Wildman–Crippen MR) is 64.4 cm³/mol. The highest BCUT2D eigenvalue weighted by atomic mass is 16.5. The lowest BCUT2D eigenvalue weighted by molar-refractivity contribution is 0.0895. The summed E-state index contributed by atoms with van der Waals surface area (Å²) in [6, 6.07) is 7.95. The lowest BCUT2D eigenvalue weighted by atomic mass is 10.1. The Balaban J connectivity index is 1.85. The van der Waals surface area contributed by atoms with Crippen molar-refractivity contribution >= 4 is 6.09 Å². The third kappa shape index (κ3) is 3.12. The third-order valence-corrected chi connectivity index (χ3v) is 3.04. The number of amides is 1. The SMILES string of the molecule is Cc1ccc(OC2CCN(C(=O)O)CC2)cc1. The summed E-state index contributed by atoms with van der Waals surface area (Å²) in [5.41, 5.74) is 1.21. The second-order valence-corrected chi connectivity index (χ2v) is 4.40. The number of aryl methyl sites for hydroxylation is 1. The molecular weight excluding hydrogens is 218 g/mol. The van der Waals surface area contributed by atoms with Gasteiger partial charge in [0.1, 0.15) is 11.9 Å². The summed E-state index contributed by atoms with van der Waals surface area (Å²) in [6.07, 6.45) is 0.826. The molecule has 1 aliphatic rings. The molecule has 17 heavy (non-hydrogen) atoms. The molecule has 1 heterocycles. The molecule has 4 heteroatoms. The van der Waals surface area contributed by atoms with E-state index in [1.54, 1.807) is 0 Å². The number of ether oxygens (including phenoxy) is 1. The minimum atomic E-state index is -0.834. The van der Waals surface area contributed by atoms with E-state index in [2.05, 4.69) is 0 Å². The van der Waals surface area contributed by atoms with Gasteiger partial charge in [0.2, 0.25) is 0 Å². The van der Waals surface area contributed by atoms with E-state index in [9.17, 15) is 4.79 Å². The highest BCUT2D eigenvalue weighted by Gasteiger charge is 2.23. The van der Waals surface area contributed by atoms with E-state index in [0.29, 0.717) is 13.1 Å². The minimum Gasteiger partial charge on any atom is -0.490 e. The average Bonchev–Trinajstić information content (AvgIpc) is 2.33. The Morgan fingerprint density at radius 2 is 1.88 bits per heavy atom. The van der Waals surface area contributed by atoms with Crippen molar-refractivity contribution in [3.05, 3.63) is 29.8 Å². The Bertz CT molecular complexity index is 380. The van der Waals surface area contributed by atoms with Crippen LogP contribution in [0.15, 0.2) is 24.3 Å². The zero-order valence-corrected chi connectivity index (χ0v) is 9.93. The Hall–Kier alpha value is -1.71. The zero-order valence-electron chi connectivity index (χ0n) is 9.93. The monoisotopic (exact) mass is 235 g/mol. The second-order valence-electron chi connectivity index (χ2n) is 4.40. The van der Waals surface area contributed by atoms with E-state index in [-0.39, 0.29) is 6.10 Å². The number of carboxylic acid groups (broad SMARTS) is 1. The molecule has 0 atom stereocenters. The molecule has 92 valence electrons. The van der Waals surface area contributed by atoms with Gasteiger partial charge in [-0.1, -0.05) is 17.7 Å². The van der Waals surface area contributed by atoms with Gasteiger partial charge in [-0.3, -0.25) is 0 Å². The fourth-order valence-electron chi connectivity index (χ4n) is 1.97. The van der Waals surface area contributed by atoms with E-state index in [1.165, 1.54) is 10.5 Å². The zero-order chi connectivity index (χ0) is 12.3. The summed E-state index contributed by atoms with van der Waals surface area (Å²) < 4.78 is 5.82. The van der Waals surface area contributed by atoms with Crippen LogP contribution in [0.1, 0.15) is 18.4 Å². The topological polar surface area (TPSA) is 49.8 Å². The van der Waals surface area contributed by atoms with Gasteiger partial charge in [-0.05, 0) is 19.1 Å². The number of rotatable bonds is 2. The largest absolute Gasteiger partial charge is 0.490 e. The highest BCUT2D eigenvalue weighted by Crippen LogP contribution is 2.19. The maximum absolute atomic E-state index is 10.7. The van der Waals surface area contributed by atoms with Gasteiger partial charge < -0.3 is 14.7 Å². The van der Waals surface area contributed by atoms with Crippen molar-refractivity contribution in [3.63, 3.8) is 0 Å². The van der Waals surface area contributed by atoms with Crippen molar-refractivity contribution in [2.45, 2.75) is 25.9 Å². The predicted octanol–water partition coefficient (Wildman–Crippen LogP) is 2.52. The first-order valence-corrected chi connectivity index (χ1v) is 5.86. The summed E-state index contributed by atoms with van der Waals surface area (Å²) in [4.78, 5) is 12.2. The van der Waals surface area contributed by atoms with Crippen LogP contribution in [0.25, 0.3) is 0 Å². The number of hydrogen-bond acceptors (Lipinski definition) is 2. The van der Waals surface area contributed by atoms with Gasteiger partial charge in [-0.25, -0.2) is 4.79 Å². The van der Waals surface area contributed by atoms with Gasteiger partial charge >= 0.3 is 6.09 Å². The smallest absolute Gasteiger partial charge is 0.407 e. The first-order valence-electron chi connectivity index (χ1n) is 5.86. The van der Waals surface area contributed by atoms with Gasteiger partial charge in [0.15, 0.2) is 0 Å². The number of benzene rings is 1. The third-order valence-electron chi connectivity index (χ3n) is 3.04. The van der Waals surface area contributed by atoms with Crippen molar-refractivity contribution in [2.75, 3.05) is 13.1 Å². The van der Waals surface area contributed by atoms with Crippen LogP contribution in [0, 0.1) is 6.92 Å². The van der Waals surface area contributed by atoms with Gasteiger partial charge in [0.05, 0.1) is 0 Å². The molecule has 1 aliphatic heterocycles. The quantitative estimate of drug-likeness (QED) is 0.856. The standard InChI is InChI=1S/C13H17NO3/c1-10-2-4-11(5-3-10)17-12-6-8-14(9-7-12)13(15)16/h2-5,12H,6-9H2,1H3,(H,15,16). The van der Waals surface area contributed by atoms with E-state index >= 15 is 0 Å². The van der Waals surface area contributed by atoms with E-state index < -0.39 is 6.09 Å². The van der Waals surface area contributed by atoms with Gasteiger partial charge in [0.25, 0.3) is 0 Å². The molecule has 1 N–H and O–H groups in total. The minimum absolute atomic E-state index is 0.133. The number of likely N-dealkylation sites (tertiary alicyclic amines) is 1. The molecule has 1 aromatic carbocycles. The summed E-state index contributed by atoms with van der Waals surface area (Å²) in [5, 5.41) is 8.83. The fourth-order valence-corrected chi connectivity index (χ4v) is 1.97. The van der Waals surface area contributed by atoms with Crippen LogP contribution in [-0.2, 0) is 0 Å². The van der Waals surface area contributed by atoms with Crippen molar-refractivity contribution in [3.8, 4) is 5.75 Å². The molecular formula is C13H17NO3. The first kappa shape index (κ1) is 11.8. The first-order chi connectivity index (χ1) is 8.15. The van der Waals surface area contributed by atoms with Crippen LogP contribution in [0.4, 0.5) is 4.79 Å². The molecule has 0 unspecified atom stereocenters. The highest BCUT2D eigenvalue weighted by molar-refractivity contribution is 5.65. The maximum Gasteiger partial charge on any atom is 0.407 e. The van der Waals surface area contributed by atoms with Crippen molar-refractivity contribution in [2.24, 2.45) is 0 Å². The van der Waals surface area contributed by atoms with Crippen LogP contribution in [0.2, 0.25) is 0 Å². The Labute approximate surface area is 101 Å². The molecule has 1 fully saturated rings. The molecule has 1 aromatic rings. The lowest BCUT2D eigenvalue weighted by Crippen LogP contribution is -2.41. The Morgan fingerprint density at radius 1 is 1.29 bits per heavy atom. The molecule has 1 saturated heterocycles. The molecule has 0 bridgehead atoms. The molecule has 2 rings (SSSR count). The summed E-state index contributed by atoms with van der Waals surface area (Å²) >= 11 is 0. The van der Waals surface area contributed by atoms with Crippen LogP contribution in [0.5, 0.6) is 5.75 Å². The van der Waals surface area contributed by atoms with E-state index in [4.69, 9.17) is 9.84 Å². The van der Waals surface area contributed by atoms with Crippen molar-refractivity contribution in [1.29, 1.82) is 0 Å². The van der Waals surface area contributed by atoms with Gasteiger partial charge in [-0.2, -0.15) is 0 Å². The fraction of sp³-hybridized carbons (Fsp3) is 0.462. The number of nitrogens with zero attached hydrogens (tertiary/aromatic N) is 1. The normalized spacial score (nSPS) is 16.9. The van der Waals surface area contributed by atoms with Crippen LogP contribution >= 0.6 is 0 Å². The molecule has 4 nitrogen and oxygen atoms in total. The van der Waals surface area contributed by atoms with Crippen molar-refractivity contribution < 1.29 is 14.6 Å². The lowest BCUT2D eigenvalue weighted by Gasteiger charge is -2.30. The number of carbonyl (C=O) groups is 1. The van der Waals surface area contributed by atoms with Gasteiger partial charge in [-0.15, -0.1) is 0 Å². The van der Waals surface area contributed by atoms with Crippen molar-refractivity contribution in [1.82, 2.24) is 4.90 Å². The van der Waals surface area contributed by atoms with E-state index in [0.717, 1.165) is 18.6 Å². The van der Waals surface area contributed by atoms with Crippen LogP contribution in [0.3, 0.4) is 0 Å².